The highest BCUT2D eigenvalue weighted by molar-refractivity contribution is 5.59. The first-order valence-electron chi connectivity index (χ1n) is 5.16. The van der Waals surface area contributed by atoms with E-state index in [9.17, 15) is 4.39 Å². The fourth-order valence-corrected chi connectivity index (χ4v) is 1.29. The number of halogens is 1. The van der Waals surface area contributed by atoms with Crippen LogP contribution in [0.4, 0.5) is 4.39 Å². The largest absolute Gasteiger partial charge is 0.424 e. The summed E-state index contributed by atoms with van der Waals surface area (Å²) in [5.74, 6) is 0.316. The Hall–Kier alpha value is -2.23. The van der Waals surface area contributed by atoms with Crippen LogP contribution < -0.4 is 4.74 Å². The van der Waals surface area contributed by atoms with E-state index in [1.54, 1.807) is 49.6 Å². The molecule has 0 aliphatic carbocycles. The lowest BCUT2D eigenvalue weighted by Gasteiger charge is -2.03. The average molecular weight is 230 g/mol. The Kier molecular flexibility index (Phi) is 3.45. The SMILES string of the molecule is C/C=C(/F)c1ccc(Oc2ncccn2)cc1. The average Bonchev–Trinajstić information content (AvgIpc) is 2.40. The summed E-state index contributed by atoms with van der Waals surface area (Å²) in [6, 6.07) is 8.62. The van der Waals surface area contributed by atoms with Crippen LogP contribution in [-0.2, 0) is 0 Å². The monoisotopic (exact) mass is 230 g/mol. The molecule has 0 spiro atoms. The molecule has 0 amide bonds. The minimum atomic E-state index is -0.257. The van der Waals surface area contributed by atoms with Gasteiger partial charge in [-0.15, -0.1) is 0 Å². The van der Waals surface area contributed by atoms with Crippen molar-refractivity contribution in [3.8, 4) is 11.8 Å². The van der Waals surface area contributed by atoms with Gasteiger partial charge in [-0.2, -0.15) is 0 Å². The molecule has 0 fully saturated rings. The van der Waals surface area contributed by atoms with Gasteiger partial charge in [0.25, 0.3) is 0 Å². The van der Waals surface area contributed by atoms with Gasteiger partial charge in [0, 0.05) is 18.0 Å². The molecular formula is C13H11FN2O. The van der Waals surface area contributed by atoms with Crippen LogP contribution in [0.2, 0.25) is 0 Å². The van der Waals surface area contributed by atoms with E-state index in [2.05, 4.69) is 9.97 Å². The third-order valence-corrected chi connectivity index (χ3v) is 2.13. The van der Waals surface area contributed by atoms with Crippen molar-refractivity contribution >= 4 is 5.83 Å². The van der Waals surface area contributed by atoms with Gasteiger partial charge in [-0.05, 0) is 37.3 Å². The summed E-state index contributed by atoms with van der Waals surface area (Å²) in [6.07, 6.45) is 4.60. The van der Waals surface area contributed by atoms with Gasteiger partial charge in [0.15, 0.2) is 0 Å². The highest BCUT2D eigenvalue weighted by atomic mass is 19.1. The lowest BCUT2D eigenvalue weighted by molar-refractivity contribution is 0.441. The Morgan fingerprint density at radius 2 is 1.82 bits per heavy atom. The quantitative estimate of drug-likeness (QED) is 0.808. The molecule has 1 heterocycles. The third kappa shape index (κ3) is 2.87. The van der Waals surface area contributed by atoms with Crippen molar-refractivity contribution in [2.24, 2.45) is 0 Å². The second-order valence-electron chi connectivity index (χ2n) is 3.29. The lowest BCUT2D eigenvalue weighted by atomic mass is 10.2. The van der Waals surface area contributed by atoms with Gasteiger partial charge in [-0.3, -0.25) is 0 Å². The molecule has 0 aliphatic heterocycles. The van der Waals surface area contributed by atoms with Gasteiger partial charge in [0.1, 0.15) is 11.6 Å². The van der Waals surface area contributed by atoms with Gasteiger partial charge in [0.05, 0.1) is 0 Å². The number of allylic oxidation sites excluding steroid dienone is 1. The topological polar surface area (TPSA) is 35.0 Å². The zero-order valence-electron chi connectivity index (χ0n) is 9.30. The molecule has 1 aromatic heterocycles. The predicted octanol–water partition coefficient (Wildman–Crippen LogP) is 3.60. The fourth-order valence-electron chi connectivity index (χ4n) is 1.29. The van der Waals surface area contributed by atoms with Crippen LogP contribution in [-0.4, -0.2) is 9.97 Å². The van der Waals surface area contributed by atoms with E-state index in [-0.39, 0.29) is 11.8 Å². The molecule has 86 valence electrons. The van der Waals surface area contributed by atoms with Crippen LogP contribution in [0.1, 0.15) is 12.5 Å². The zero-order valence-corrected chi connectivity index (χ0v) is 9.30. The molecule has 0 atom stereocenters. The Morgan fingerprint density at radius 1 is 1.18 bits per heavy atom. The molecule has 0 saturated heterocycles. The second-order valence-corrected chi connectivity index (χ2v) is 3.29. The molecule has 0 aliphatic rings. The maximum Gasteiger partial charge on any atom is 0.321 e. The molecule has 0 N–H and O–H groups in total. The van der Waals surface area contributed by atoms with Crippen molar-refractivity contribution in [1.82, 2.24) is 9.97 Å². The number of hydrogen-bond acceptors (Lipinski definition) is 3. The van der Waals surface area contributed by atoms with Crippen molar-refractivity contribution in [2.45, 2.75) is 6.92 Å². The predicted molar refractivity (Wildman–Crippen MR) is 63.3 cm³/mol. The Balaban J connectivity index is 2.14. The van der Waals surface area contributed by atoms with E-state index in [1.807, 2.05) is 0 Å². The molecule has 1 aromatic carbocycles. The van der Waals surface area contributed by atoms with E-state index < -0.39 is 0 Å². The zero-order chi connectivity index (χ0) is 12.1. The Labute approximate surface area is 98.6 Å². The second kappa shape index (κ2) is 5.21. The van der Waals surface area contributed by atoms with E-state index in [0.717, 1.165) is 0 Å². The molecule has 0 unspecified atom stereocenters. The summed E-state index contributed by atoms with van der Waals surface area (Å²) in [5.41, 5.74) is 0.522. The first kappa shape index (κ1) is 11.3. The van der Waals surface area contributed by atoms with Crippen LogP contribution in [0.25, 0.3) is 5.83 Å². The summed E-state index contributed by atoms with van der Waals surface area (Å²) in [4.78, 5) is 7.86. The van der Waals surface area contributed by atoms with Gasteiger partial charge in [-0.25, -0.2) is 14.4 Å². The lowest BCUT2D eigenvalue weighted by Crippen LogP contribution is -1.90. The molecule has 2 aromatic rings. The fraction of sp³-hybridized carbons (Fsp3) is 0.0769. The van der Waals surface area contributed by atoms with Crippen LogP contribution in [0.3, 0.4) is 0 Å². The van der Waals surface area contributed by atoms with Crippen molar-refractivity contribution in [3.05, 3.63) is 54.4 Å². The smallest absolute Gasteiger partial charge is 0.321 e. The molecule has 0 bridgehead atoms. The number of benzene rings is 1. The molecule has 0 radical (unpaired) electrons. The normalized spacial score (nSPS) is 11.3. The minimum absolute atomic E-state index is 0.257. The van der Waals surface area contributed by atoms with Crippen LogP contribution >= 0.6 is 0 Å². The molecule has 17 heavy (non-hydrogen) atoms. The van der Waals surface area contributed by atoms with Gasteiger partial charge >= 0.3 is 6.01 Å². The number of nitrogens with zero attached hydrogens (tertiary/aromatic N) is 2. The molecule has 4 heteroatoms. The number of aromatic nitrogens is 2. The first-order chi connectivity index (χ1) is 8.29. The highest BCUT2D eigenvalue weighted by Crippen LogP contribution is 2.21. The molecule has 0 saturated carbocycles. The Morgan fingerprint density at radius 3 is 2.41 bits per heavy atom. The summed E-state index contributed by atoms with van der Waals surface area (Å²) in [5, 5.41) is 0. The van der Waals surface area contributed by atoms with Crippen molar-refractivity contribution in [3.63, 3.8) is 0 Å². The van der Waals surface area contributed by atoms with E-state index >= 15 is 0 Å². The minimum Gasteiger partial charge on any atom is -0.424 e. The van der Waals surface area contributed by atoms with Crippen LogP contribution in [0.15, 0.2) is 48.8 Å². The van der Waals surface area contributed by atoms with Gasteiger partial charge in [-0.1, -0.05) is 6.08 Å². The summed E-state index contributed by atoms with van der Waals surface area (Å²) < 4.78 is 18.6. The summed E-state index contributed by atoms with van der Waals surface area (Å²) in [7, 11) is 0. The number of ether oxygens (including phenoxy) is 1. The summed E-state index contributed by atoms with van der Waals surface area (Å²) >= 11 is 0. The maximum atomic E-state index is 13.2. The molecular weight excluding hydrogens is 219 g/mol. The van der Waals surface area contributed by atoms with Gasteiger partial charge in [0.2, 0.25) is 0 Å². The van der Waals surface area contributed by atoms with Crippen molar-refractivity contribution in [1.29, 1.82) is 0 Å². The Bertz CT molecular complexity index is 509. The van der Waals surface area contributed by atoms with Crippen LogP contribution in [0.5, 0.6) is 11.8 Å². The van der Waals surface area contributed by atoms with Gasteiger partial charge < -0.3 is 4.74 Å². The van der Waals surface area contributed by atoms with E-state index in [1.165, 1.54) is 6.08 Å². The van der Waals surface area contributed by atoms with Crippen molar-refractivity contribution < 1.29 is 9.13 Å². The maximum absolute atomic E-state index is 13.2. The van der Waals surface area contributed by atoms with Crippen LogP contribution in [0, 0.1) is 0 Å². The van der Waals surface area contributed by atoms with Crippen molar-refractivity contribution in [2.75, 3.05) is 0 Å². The number of rotatable bonds is 3. The van der Waals surface area contributed by atoms with E-state index in [0.29, 0.717) is 11.3 Å². The molecule has 2 rings (SSSR count). The number of hydrogen-bond donors (Lipinski definition) is 0. The van der Waals surface area contributed by atoms with E-state index in [4.69, 9.17) is 4.74 Å². The third-order valence-electron chi connectivity index (χ3n) is 2.13. The first-order valence-corrected chi connectivity index (χ1v) is 5.16. The molecule has 3 nitrogen and oxygen atoms in total. The summed E-state index contributed by atoms with van der Waals surface area (Å²) in [6.45, 7) is 1.65. The highest BCUT2D eigenvalue weighted by Gasteiger charge is 2.01. The standard InChI is InChI=1S/C13H11FN2O/c1-2-12(14)10-4-6-11(7-5-10)17-13-15-8-3-9-16-13/h2-9H,1H3/b12-2+.